The summed E-state index contributed by atoms with van der Waals surface area (Å²) in [6.07, 6.45) is 3.17. The second kappa shape index (κ2) is 6.80. The molecule has 1 aromatic carbocycles. The molecule has 0 aliphatic heterocycles. The fraction of sp³-hybridized carbons (Fsp3) is 0.500. The van der Waals surface area contributed by atoms with E-state index in [0.29, 0.717) is 0 Å². The van der Waals surface area contributed by atoms with Crippen LogP contribution in [0.1, 0.15) is 49.5 Å². The number of Topliss-reactive ketones (excluding diaryl/α,β-unsaturated/α-hetero) is 1. The summed E-state index contributed by atoms with van der Waals surface area (Å²) in [5.41, 5.74) is 2.94. The molecular weight excluding hydrogens is 278 g/mol. The van der Waals surface area contributed by atoms with E-state index in [1.807, 2.05) is 6.07 Å². The summed E-state index contributed by atoms with van der Waals surface area (Å²) in [7, 11) is 0. The van der Waals surface area contributed by atoms with E-state index < -0.39 is 0 Å². The summed E-state index contributed by atoms with van der Waals surface area (Å²) in [5.74, 6) is 0.127. The number of carbonyl (C=O) groups is 1. The molecule has 0 aliphatic rings. The normalized spacial score (nSPS) is 10.4. The molecule has 0 unspecified atom stereocenters. The molecule has 0 amide bonds. The number of hydrogen-bond acceptors (Lipinski definition) is 2. The first kappa shape index (κ1) is 14.2. The van der Waals surface area contributed by atoms with Gasteiger partial charge < -0.3 is 5.32 Å². The topological polar surface area (TPSA) is 29.1 Å². The SMILES string of the molecule is CCCCNc1cc(Br)c(CC)c(C(C)=O)c1. The van der Waals surface area contributed by atoms with Crippen LogP contribution in [-0.2, 0) is 6.42 Å². The Hall–Kier alpha value is -0.830. The van der Waals surface area contributed by atoms with E-state index in [1.54, 1.807) is 6.92 Å². The first-order chi connectivity index (χ1) is 8.10. The van der Waals surface area contributed by atoms with Crippen molar-refractivity contribution in [2.24, 2.45) is 0 Å². The number of rotatable bonds is 6. The maximum absolute atomic E-state index is 11.6. The molecule has 0 saturated carbocycles. The lowest BCUT2D eigenvalue weighted by Crippen LogP contribution is -2.05. The molecule has 94 valence electrons. The lowest BCUT2D eigenvalue weighted by atomic mass is 10.0. The van der Waals surface area contributed by atoms with Crippen molar-refractivity contribution in [2.45, 2.75) is 40.0 Å². The zero-order valence-corrected chi connectivity index (χ0v) is 12.4. The highest BCUT2D eigenvalue weighted by molar-refractivity contribution is 9.10. The van der Waals surface area contributed by atoms with Crippen LogP contribution < -0.4 is 5.32 Å². The predicted molar refractivity (Wildman–Crippen MR) is 76.9 cm³/mol. The number of carbonyl (C=O) groups excluding carboxylic acids is 1. The first-order valence-corrected chi connectivity index (χ1v) is 6.96. The fourth-order valence-electron chi connectivity index (χ4n) is 1.82. The molecule has 1 rings (SSSR count). The lowest BCUT2D eigenvalue weighted by molar-refractivity contribution is 0.101. The van der Waals surface area contributed by atoms with E-state index in [9.17, 15) is 4.79 Å². The number of nitrogens with one attached hydrogen (secondary N) is 1. The third-order valence-electron chi connectivity index (χ3n) is 2.79. The van der Waals surface area contributed by atoms with Crippen molar-refractivity contribution < 1.29 is 4.79 Å². The molecule has 0 spiro atoms. The van der Waals surface area contributed by atoms with Crippen molar-refractivity contribution >= 4 is 27.4 Å². The van der Waals surface area contributed by atoms with Gasteiger partial charge in [0, 0.05) is 22.3 Å². The van der Waals surface area contributed by atoms with E-state index in [0.717, 1.165) is 40.7 Å². The summed E-state index contributed by atoms with van der Waals surface area (Å²) in [6, 6.07) is 4.02. The quantitative estimate of drug-likeness (QED) is 0.622. The number of unbranched alkanes of at least 4 members (excludes halogenated alkanes) is 1. The summed E-state index contributed by atoms with van der Waals surface area (Å²) in [6.45, 7) is 6.80. The molecule has 2 nitrogen and oxygen atoms in total. The van der Waals surface area contributed by atoms with Gasteiger partial charge in [0.1, 0.15) is 0 Å². The average Bonchev–Trinajstić information content (AvgIpc) is 2.28. The molecule has 0 bridgehead atoms. The highest BCUT2D eigenvalue weighted by atomic mass is 79.9. The molecule has 0 radical (unpaired) electrons. The third-order valence-corrected chi connectivity index (χ3v) is 3.50. The first-order valence-electron chi connectivity index (χ1n) is 6.17. The zero-order valence-electron chi connectivity index (χ0n) is 10.8. The van der Waals surface area contributed by atoms with Gasteiger partial charge in [0.25, 0.3) is 0 Å². The van der Waals surface area contributed by atoms with E-state index in [-0.39, 0.29) is 5.78 Å². The minimum Gasteiger partial charge on any atom is -0.385 e. The molecule has 0 aromatic heterocycles. The van der Waals surface area contributed by atoms with Gasteiger partial charge >= 0.3 is 0 Å². The van der Waals surface area contributed by atoms with Gasteiger partial charge in [-0.1, -0.05) is 36.2 Å². The van der Waals surface area contributed by atoms with Gasteiger partial charge in [-0.05, 0) is 37.5 Å². The Morgan fingerprint density at radius 1 is 1.35 bits per heavy atom. The highest BCUT2D eigenvalue weighted by Crippen LogP contribution is 2.26. The molecule has 0 saturated heterocycles. The van der Waals surface area contributed by atoms with Crippen molar-refractivity contribution in [3.05, 3.63) is 27.7 Å². The predicted octanol–water partition coefficient (Wildman–Crippen LogP) is 4.43. The number of anilines is 1. The molecule has 0 atom stereocenters. The highest BCUT2D eigenvalue weighted by Gasteiger charge is 2.11. The van der Waals surface area contributed by atoms with Crippen LogP contribution >= 0.6 is 15.9 Å². The Balaban J connectivity index is 2.98. The maximum Gasteiger partial charge on any atom is 0.160 e. The van der Waals surface area contributed by atoms with Crippen LogP contribution in [0.2, 0.25) is 0 Å². The molecule has 1 N–H and O–H groups in total. The standard InChI is InChI=1S/C14H20BrNO/c1-4-6-7-16-11-8-13(10(3)17)12(5-2)14(15)9-11/h8-9,16H,4-7H2,1-3H3. The van der Waals surface area contributed by atoms with Crippen LogP contribution in [0.3, 0.4) is 0 Å². The Morgan fingerprint density at radius 3 is 2.59 bits per heavy atom. The van der Waals surface area contributed by atoms with Crippen LogP contribution in [0, 0.1) is 0 Å². The Bertz CT molecular complexity index is 401. The van der Waals surface area contributed by atoms with Gasteiger partial charge in [-0.25, -0.2) is 0 Å². The molecule has 0 fully saturated rings. The molecular formula is C14H20BrNO. The van der Waals surface area contributed by atoms with Crippen LogP contribution in [0.4, 0.5) is 5.69 Å². The summed E-state index contributed by atoms with van der Waals surface area (Å²) in [5, 5.41) is 3.35. The van der Waals surface area contributed by atoms with Crippen LogP contribution in [-0.4, -0.2) is 12.3 Å². The molecule has 0 heterocycles. The number of hydrogen-bond donors (Lipinski definition) is 1. The Kier molecular flexibility index (Phi) is 5.69. The zero-order chi connectivity index (χ0) is 12.8. The number of ketones is 1. The van der Waals surface area contributed by atoms with Gasteiger partial charge in [0.15, 0.2) is 5.78 Å². The van der Waals surface area contributed by atoms with Crippen LogP contribution in [0.15, 0.2) is 16.6 Å². The number of halogens is 1. The van der Waals surface area contributed by atoms with Gasteiger partial charge in [-0.15, -0.1) is 0 Å². The van der Waals surface area contributed by atoms with Gasteiger partial charge in [-0.2, -0.15) is 0 Å². The van der Waals surface area contributed by atoms with E-state index in [1.165, 1.54) is 6.42 Å². The smallest absolute Gasteiger partial charge is 0.160 e. The Morgan fingerprint density at radius 2 is 2.06 bits per heavy atom. The number of benzene rings is 1. The summed E-state index contributed by atoms with van der Waals surface area (Å²) < 4.78 is 1.02. The van der Waals surface area contributed by atoms with Crippen molar-refractivity contribution in [3.8, 4) is 0 Å². The molecule has 1 aromatic rings. The molecule has 17 heavy (non-hydrogen) atoms. The fourth-order valence-corrected chi connectivity index (χ4v) is 2.56. The second-order valence-corrected chi connectivity index (χ2v) is 5.03. The minimum atomic E-state index is 0.127. The van der Waals surface area contributed by atoms with Crippen molar-refractivity contribution in [3.63, 3.8) is 0 Å². The van der Waals surface area contributed by atoms with E-state index >= 15 is 0 Å². The second-order valence-electron chi connectivity index (χ2n) is 4.17. The van der Waals surface area contributed by atoms with Gasteiger partial charge in [0.2, 0.25) is 0 Å². The lowest BCUT2D eigenvalue weighted by Gasteiger charge is -2.12. The largest absolute Gasteiger partial charge is 0.385 e. The monoisotopic (exact) mass is 297 g/mol. The van der Waals surface area contributed by atoms with Gasteiger partial charge in [-0.3, -0.25) is 4.79 Å². The summed E-state index contributed by atoms with van der Waals surface area (Å²) >= 11 is 3.54. The van der Waals surface area contributed by atoms with E-state index in [2.05, 4.69) is 41.2 Å². The van der Waals surface area contributed by atoms with Crippen molar-refractivity contribution in [1.29, 1.82) is 0 Å². The Labute approximate surface area is 112 Å². The van der Waals surface area contributed by atoms with Crippen LogP contribution in [0.5, 0.6) is 0 Å². The molecule has 0 aliphatic carbocycles. The summed E-state index contributed by atoms with van der Waals surface area (Å²) in [4.78, 5) is 11.6. The van der Waals surface area contributed by atoms with Crippen LogP contribution in [0.25, 0.3) is 0 Å². The van der Waals surface area contributed by atoms with E-state index in [4.69, 9.17) is 0 Å². The molecule has 3 heteroatoms. The maximum atomic E-state index is 11.6. The van der Waals surface area contributed by atoms with Crippen molar-refractivity contribution in [2.75, 3.05) is 11.9 Å². The van der Waals surface area contributed by atoms with Gasteiger partial charge in [0.05, 0.1) is 0 Å². The minimum absolute atomic E-state index is 0.127. The average molecular weight is 298 g/mol. The third kappa shape index (κ3) is 3.84. The van der Waals surface area contributed by atoms with Crippen molar-refractivity contribution in [1.82, 2.24) is 0 Å².